The van der Waals surface area contributed by atoms with E-state index in [0.717, 1.165) is 23.4 Å². The highest BCUT2D eigenvalue weighted by Gasteiger charge is 2.43. The highest BCUT2D eigenvalue weighted by atomic mass is 16.5. The van der Waals surface area contributed by atoms with Crippen LogP contribution in [-0.4, -0.2) is 33.5 Å². The maximum atomic E-state index is 10.5. The zero-order valence-corrected chi connectivity index (χ0v) is 11.5. The molecule has 0 atom stereocenters. The number of aryl methyl sites for hydroxylation is 1. The van der Waals surface area contributed by atoms with Crippen molar-refractivity contribution in [2.75, 3.05) is 7.11 Å². The Morgan fingerprint density at radius 2 is 2.16 bits per heavy atom. The molecule has 0 saturated heterocycles. The molecule has 102 valence electrons. The minimum Gasteiger partial charge on any atom is -0.389 e. The Labute approximate surface area is 113 Å². The summed E-state index contributed by atoms with van der Waals surface area (Å²) < 4.78 is 7.44. The molecule has 0 bridgehead atoms. The van der Waals surface area contributed by atoms with Gasteiger partial charge >= 0.3 is 0 Å². The largest absolute Gasteiger partial charge is 0.389 e. The van der Waals surface area contributed by atoms with Crippen molar-refractivity contribution >= 4 is 11.0 Å². The van der Waals surface area contributed by atoms with Crippen molar-refractivity contribution in [2.24, 2.45) is 0 Å². The van der Waals surface area contributed by atoms with Gasteiger partial charge in [0.2, 0.25) is 0 Å². The number of benzene rings is 1. The Bertz CT molecular complexity index is 585. The summed E-state index contributed by atoms with van der Waals surface area (Å²) in [6, 6.07) is 8.13. The second-order valence-electron chi connectivity index (χ2n) is 5.43. The van der Waals surface area contributed by atoms with Gasteiger partial charge in [0.05, 0.1) is 22.7 Å². The van der Waals surface area contributed by atoms with Gasteiger partial charge < -0.3 is 14.4 Å². The lowest BCUT2D eigenvalue weighted by atomic mass is 9.75. The van der Waals surface area contributed by atoms with Gasteiger partial charge in [-0.15, -0.1) is 0 Å². The second-order valence-corrected chi connectivity index (χ2v) is 5.43. The molecule has 4 nitrogen and oxygen atoms in total. The first-order chi connectivity index (χ1) is 9.15. The molecule has 4 heteroatoms. The summed E-state index contributed by atoms with van der Waals surface area (Å²) in [4.78, 5) is 4.66. The van der Waals surface area contributed by atoms with E-state index in [1.54, 1.807) is 7.11 Å². The van der Waals surface area contributed by atoms with Gasteiger partial charge in [0.1, 0.15) is 5.82 Å². The number of methoxy groups -OCH3 is 1. The lowest BCUT2D eigenvalue weighted by molar-refractivity contribution is -0.127. The fraction of sp³-hybridized carbons (Fsp3) is 0.533. The van der Waals surface area contributed by atoms with Crippen molar-refractivity contribution in [3.8, 4) is 0 Å². The first kappa shape index (κ1) is 12.6. The zero-order chi connectivity index (χ0) is 13.5. The van der Waals surface area contributed by atoms with Crippen molar-refractivity contribution in [3.05, 3.63) is 30.1 Å². The number of hydrogen-bond donors (Lipinski definition) is 1. The number of rotatable bonds is 4. The minimum absolute atomic E-state index is 0.199. The van der Waals surface area contributed by atoms with E-state index in [1.165, 1.54) is 0 Å². The van der Waals surface area contributed by atoms with Crippen LogP contribution in [0.15, 0.2) is 24.3 Å². The van der Waals surface area contributed by atoms with E-state index in [9.17, 15) is 5.11 Å². The lowest BCUT2D eigenvalue weighted by Crippen LogP contribution is -2.50. The summed E-state index contributed by atoms with van der Waals surface area (Å²) in [6.07, 6.45) is 2.21. The van der Waals surface area contributed by atoms with Gasteiger partial charge in [-0.05, 0) is 19.1 Å². The third-order valence-electron chi connectivity index (χ3n) is 4.09. The van der Waals surface area contributed by atoms with Crippen LogP contribution >= 0.6 is 0 Å². The number of nitrogens with zero attached hydrogens (tertiary/aromatic N) is 2. The highest BCUT2D eigenvalue weighted by molar-refractivity contribution is 5.75. The van der Waals surface area contributed by atoms with Crippen LogP contribution in [0.5, 0.6) is 0 Å². The van der Waals surface area contributed by atoms with Crippen molar-refractivity contribution in [1.29, 1.82) is 0 Å². The van der Waals surface area contributed by atoms with Crippen LogP contribution in [0.4, 0.5) is 0 Å². The summed E-state index contributed by atoms with van der Waals surface area (Å²) in [5.74, 6) is 0.973. The molecule has 1 aromatic carbocycles. The van der Waals surface area contributed by atoms with Crippen LogP contribution in [0, 0.1) is 0 Å². The number of imidazole rings is 1. The molecule has 1 aromatic heterocycles. The smallest absolute Gasteiger partial charge is 0.112 e. The number of fused-ring (bicyclic) bond motifs is 1. The predicted molar refractivity (Wildman–Crippen MR) is 74.1 cm³/mol. The van der Waals surface area contributed by atoms with Gasteiger partial charge in [0.25, 0.3) is 0 Å². The Morgan fingerprint density at radius 3 is 2.84 bits per heavy atom. The van der Waals surface area contributed by atoms with Gasteiger partial charge in [-0.3, -0.25) is 0 Å². The van der Waals surface area contributed by atoms with Crippen LogP contribution in [-0.2, 0) is 17.7 Å². The van der Waals surface area contributed by atoms with E-state index < -0.39 is 5.60 Å². The molecule has 0 amide bonds. The molecular formula is C15H20N2O2. The molecule has 1 aliphatic rings. The molecule has 2 aromatic rings. The molecule has 3 rings (SSSR count). The van der Waals surface area contributed by atoms with Gasteiger partial charge in [0, 0.05) is 32.9 Å². The summed E-state index contributed by atoms with van der Waals surface area (Å²) in [5, 5.41) is 10.5. The molecule has 1 heterocycles. The topological polar surface area (TPSA) is 47.3 Å². The molecule has 0 aliphatic heterocycles. The first-order valence-corrected chi connectivity index (χ1v) is 6.84. The van der Waals surface area contributed by atoms with Gasteiger partial charge in [-0.1, -0.05) is 12.1 Å². The number of ether oxygens (including phenoxy) is 1. The summed E-state index contributed by atoms with van der Waals surface area (Å²) in [7, 11) is 1.70. The number of aliphatic hydroxyl groups is 1. The monoisotopic (exact) mass is 260 g/mol. The number of hydrogen-bond acceptors (Lipinski definition) is 3. The van der Waals surface area contributed by atoms with Crippen molar-refractivity contribution in [2.45, 2.75) is 44.4 Å². The van der Waals surface area contributed by atoms with Crippen LogP contribution < -0.4 is 0 Å². The molecule has 19 heavy (non-hydrogen) atoms. The van der Waals surface area contributed by atoms with Crippen molar-refractivity contribution in [3.63, 3.8) is 0 Å². The van der Waals surface area contributed by atoms with Crippen molar-refractivity contribution < 1.29 is 9.84 Å². The third kappa shape index (κ3) is 2.15. The standard InChI is InChI=1S/C15H20N2O2/c1-3-17-13-7-5-4-6-12(13)16-14(17)10-15(18)8-11(9-15)19-2/h4-7,11,18H,3,8-10H2,1-2H3. The van der Waals surface area contributed by atoms with Gasteiger partial charge in [-0.2, -0.15) is 0 Å². The predicted octanol–water partition coefficient (Wildman–Crippen LogP) is 2.14. The zero-order valence-electron chi connectivity index (χ0n) is 11.5. The van der Waals surface area contributed by atoms with E-state index in [0.29, 0.717) is 19.3 Å². The Kier molecular flexibility index (Phi) is 3.07. The molecule has 1 saturated carbocycles. The fourth-order valence-electron chi connectivity index (χ4n) is 3.01. The lowest BCUT2D eigenvalue weighted by Gasteiger charge is -2.42. The van der Waals surface area contributed by atoms with Crippen LogP contribution in [0.1, 0.15) is 25.6 Å². The second kappa shape index (κ2) is 4.62. The fourth-order valence-corrected chi connectivity index (χ4v) is 3.01. The molecular weight excluding hydrogens is 240 g/mol. The van der Waals surface area contributed by atoms with E-state index >= 15 is 0 Å². The first-order valence-electron chi connectivity index (χ1n) is 6.84. The Morgan fingerprint density at radius 1 is 1.42 bits per heavy atom. The Balaban J connectivity index is 1.89. The molecule has 0 spiro atoms. The third-order valence-corrected chi connectivity index (χ3v) is 4.09. The molecule has 0 unspecified atom stereocenters. The van der Waals surface area contributed by atoms with E-state index in [4.69, 9.17) is 4.74 Å². The quantitative estimate of drug-likeness (QED) is 0.916. The molecule has 1 N–H and O–H groups in total. The maximum absolute atomic E-state index is 10.5. The Hall–Kier alpha value is -1.39. The van der Waals surface area contributed by atoms with Crippen LogP contribution in [0.3, 0.4) is 0 Å². The van der Waals surface area contributed by atoms with Gasteiger partial charge in [-0.25, -0.2) is 4.98 Å². The number of para-hydroxylation sites is 2. The normalized spacial score (nSPS) is 26.6. The SMILES string of the molecule is CCn1c(CC2(O)CC(OC)C2)nc2ccccc21. The average molecular weight is 260 g/mol. The highest BCUT2D eigenvalue weighted by Crippen LogP contribution is 2.37. The number of aromatic nitrogens is 2. The maximum Gasteiger partial charge on any atom is 0.112 e. The molecule has 1 aliphatic carbocycles. The summed E-state index contributed by atoms with van der Waals surface area (Å²) in [6.45, 7) is 2.99. The summed E-state index contributed by atoms with van der Waals surface area (Å²) in [5.41, 5.74) is 1.51. The van der Waals surface area contributed by atoms with Crippen LogP contribution in [0.25, 0.3) is 11.0 Å². The van der Waals surface area contributed by atoms with Gasteiger partial charge in [0.15, 0.2) is 0 Å². The van der Waals surface area contributed by atoms with Crippen molar-refractivity contribution in [1.82, 2.24) is 9.55 Å². The minimum atomic E-state index is -0.644. The van der Waals surface area contributed by atoms with Crippen LogP contribution in [0.2, 0.25) is 0 Å². The van der Waals surface area contributed by atoms with E-state index in [-0.39, 0.29) is 6.10 Å². The summed E-state index contributed by atoms with van der Waals surface area (Å²) >= 11 is 0. The molecule has 1 fully saturated rings. The average Bonchev–Trinajstić information content (AvgIpc) is 2.72. The molecule has 0 radical (unpaired) electrons. The van der Waals surface area contributed by atoms with E-state index in [2.05, 4.69) is 22.5 Å². The van der Waals surface area contributed by atoms with E-state index in [1.807, 2.05) is 18.2 Å².